The minimum atomic E-state index is 0.203. The summed E-state index contributed by atoms with van der Waals surface area (Å²) in [5.41, 5.74) is 1.44. The molecule has 1 fully saturated rings. The van der Waals surface area contributed by atoms with Crippen LogP contribution >= 0.6 is 0 Å². The third-order valence-electron chi connectivity index (χ3n) is 3.97. The summed E-state index contributed by atoms with van der Waals surface area (Å²) in [7, 11) is 1.58. The summed E-state index contributed by atoms with van der Waals surface area (Å²) < 4.78 is 5.16. The van der Waals surface area contributed by atoms with Crippen molar-refractivity contribution in [1.29, 1.82) is 0 Å². The molecule has 4 heteroatoms. The van der Waals surface area contributed by atoms with Crippen LogP contribution < -0.4 is 4.74 Å². The van der Waals surface area contributed by atoms with Crippen LogP contribution in [0.2, 0.25) is 0 Å². The third-order valence-corrected chi connectivity index (χ3v) is 3.97. The van der Waals surface area contributed by atoms with Crippen molar-refractivity contribution in [3.63, 3.8) is 0 Å². The molecule has 1 aromatic carbocycles. The van der Waals surface area contributed by atoms with Crippen LogP contribution in [0, 0.1) is 0 Å². The molecule has 0 atom stereocenters. The normalized spacial score (nSPS) is 18.2. The standard InChI is InChI=1S/C16H26N2O2/c1-16(2,3)18-9-7-17(8-10-18)12-13-5-6-14(19)15(11-13)20-4/h5-6,11,19H,7-10,12H2,1-4H3. The largest absolute Gasteiger partial charge is 0.504 e. The maximum atomic E-state index is 9.62. The number of phenolic OH excluding ortho intramolecular Hbond substituents is 1. The summed E-state index contributed by atoms with van der Waals surface area (Å²) in [6, 6.07) is 5.60. The van der Waals surface area contributed by atoms with Crippen molar-refractivity contribution < 1.29 is 9.84 Å². The molecule has 2 rings (SSSR count). The molecule has 0 unspecified atom stereocenters. The summed E-state index contributed by atoms with van der Waals surface area (Å²) in [5, 5.41) is 9.62. The number of methoxy groups -OCH3 is 1. The van der Waals surface area contributed by atoms with Gasteiger partial charge < -0.3 is 9.84 Å². The second-order valence-corrected chi connectivity index (χ2v) is 6.44. The van der Waals surface area contributed by atoms with E-state index in [4.69, 9.17) is 4.74 Å². The Morgan fingerprint density at radius 2 is 1.80 bits per heavy atom. The van der Waals surface area contributed by atoms with Gasteiger partial charge in [0.05, 0.1) is 7.11 Å². The summed E-state index contributed by atoms with van der Waals surface area (Å²) in [6.07, 6.45) is 0. The van der Waals surface area contributed by atoms with E-state index in [0.29, 0.717) is 5.75 Å². The molecule has 1 aliphatic heterocycles. The fourth-order valence-corrected chi connectivity index (χ4v) is 2.66. The summed E-state index contributed by atoms with van der Waals surface area (Å²) in [6.45, 7) is 12.1. The van der Waals surface area contributed by atoms with Crippen molar-refractivity contribution in [1.82, 2.24) is 9.80 Å². The molecular weight excluding hydrogens is 252 g/mol. The van der Waals surface area contributed by atoms with Gasteiger partial charge in [0, 0.05) is 38.3 Å². The van der Waals surface area contributed by atoms with Crippen LogP contribution in [0.15, 0.2) is 18.2 Å². The predicted molar refractivity (Wildman–Crippen MR) is 81.3 cm³/mol. The van der Waals surface area contributed by atoms with E-state index >= 15 is 0 Å². The Bertz CT molecular complexity index is 446. The van der Waals surface area contributed by atoms with Gasteiger partial charge in [0.15, 0.2) is 11.5 Å². The molecule has 0 aliphatic carbocycles. The van der Waals surface area contributed by atoms with Gasteiger partial charge in [0.1, 0.15) is 0 Å². The highest BCUT2D eigenvalue weighted by atomic mass is 16.5. The lowest BCUT2D eigenvalue weighted by Crippen LogP contribution is -2.53. The molecule has 0 radical (unpaired) electrons. The number of hydrogen-bond donors (Lipinski definition) is 1. The first kappa shape index (κ1) is 15.1. The van der Waals surface area contributed by atoms with Crippen molar-refractivity contribution in [3.05, 3.63) is 23.8 Å². The van der Waals surface area contributed by atoms with E-state index in [9.17, 15) is 5.11 Å². The van der Waals surface area contributed by atoms with E-state index in [0.717, 1.165) is 32.7 Å². The molecule has 0 bridgehead atoms. The van der Waals surface area contributed by atoms with Gasteiger partial charge in [-0.15, -0.1) is 0 Å². The first-order chi connectivity index (χ1) is 9.40. The Labute approximate surface area is 122 Å². The van der Waals surface area contributed by atoms with Gasteiger partial charge in [-0.25, -0.2) is 0 Å². The van der Waals surface area contributed by atoms with Gasteiger partial charge in [-0.3, -0.25) is 9.80 Å². The van der Waals surface area contributed by atoms with E-state index in [1.807, 2.05) is 12.1 Å². The van der Waals surface area contributed by atoms with Gasteiger partial charge in [0.25, 0.3) is 0 Å². The zero-order chi connectivity index (χ0) is 14.8. The van der Waals surface area contributed by atoms with Crippen LogP contribution in [-0.4, -0.2) is 53.7 Å². The van der Waals surface area contributed by atoms with Crippen LogP contribution in [-0.2, 0) is 6.54 Å². The fraction of sp³-hybridized carbons (Fsp3) is 0.625. The van der Waals surface area contributed by atoms with E-state index in [1.165, 1.54) is 5.56 Å². The number of nitrogens with zero attached hydrogens (tertiary/aromatic N) is 2. The highest BCUT2D eigenvalue weighted by Gasteiger charge is 2.25. The third kappa shape index (κ3) is 3.64. The average molecular weight is 278 g/mol. The average Bonchev–Trinajstić information content (AvgIpc) is 2.40. The van der Waals surface area contributed by atoms with Crippen LogP contribution in [0.1, 0.15) is 26.3 Å². The van der Waals surface area contributed by atoms with Crippen LogP contribution in [0.25, 0.3) is 0 Å². The van der Waals surface area contributed by atoms with Crippen LogP contribution in [0.5, 0.6) is 11.5 Å². The molecule has 112 valence electrons. The Balaban J connectivity index is 1.93. The van der Waals surface area contributed by atoms with Crippen molar-refractivity contribution in [2.24, 2.45) is 0 Å². The molecule has 1 saturated heterocycles. The Hall–Kier alpha value is -1.26. The quantitative estimate of drug-likeness (QED) is 0.920. The lowest BCUT2D eigenvalue weighted by molar-refractivity contribution is 0.0590. The van der Waals surface area contributed by atoms with Crippen LogP contribution in [0.3, 0.4) is 0 Å². The molecule has 20 heavy (non-hydrogen) atoms. The van der Waals surface area contributed by atoms with Crippen molar-refractivity contribution in [2.45, 2.75) is 32.9 Å². The minimum Gasteiger partial charge on any atom is -0.504 e. The number of phenols is 1. The number of benzene rings is 1. The molecule has 1 aromatic rings. The molecule has 0 spiro atoms. The molecule has 1 heterocycles. The number of hydrogen-bond acceptors (Lipinski definition) is 4. The summed E-state index contributed by atoms with van der Waals surface area (Å²) >= 11 is 0. The van der Waals surface area contributed by atoms with Gasteiger partial charge in [-0.05, 0) is 38.5 Å². The lowest BCUT2D eigenvalue weighted by Gasteiger charge is -2.42. The van der Waals surface area contributed by atoms with E-state index in [1.54, 1.807) is 13.2 Å². The number of ether oxygens (including phenoxy) is 1. The van der Waals surface area contributed by atoms with Crippen molar-refractivity contribution in [2.75, 3.05) is 33.3 Å². The van der Waals surface area contributed by atoms with Gasteiger partial charge in [-0.1, -0.05) is 6.07 Å². The highest BCUT2D eigenvalue weighted by Crippen LogP contribution is 2.27. The lowest BCUT2D eigenvalue weighted by atomic mass is 10.0. The summed E-state index contributed by atoms with van der Waals surface area (Å²) in [5.74, 6) is 0.754. The van der Waals surface area contributed by atoms with Gasteiger partial charge >= 0.3 is 0 Å². The minimum absolute atomic E-state index is 0.203. The molecule has 4 nitrogen and oxygen atoms in total. The maximum absolute atomic E-state index is 9.62. The number of piperazine rings is 1. The second-order valence-electron chi connectivity index (χ2n) is 6.44. The number of aromatic hydroxyl groups is 1. The Morgan fingerprint density at radius 3 is 2.35 bits per heavy atom. The zero-order valence-corrected chi connectivity index (χ0v) is 13.0. The molecule has 0 amide bonds. The van der Waals surface area contributed by atoms with E-state index in [-0.39, 0.29) is 11.3 Å². The van der Waals surface area contributed by atoms with E-state index in [2.05, 4.69) is 30.6 Å². The SMILES string of the molecule is COc1cc(CN2CCN(C(C)(C)C)CC2)ccc1O. The molecule has 1 N–H and O–H groups in total. The molecular formula is C16H26N2O2. The fourth-order valence-electron chi connectivity index (χ4n) is 2.66. The Kier molecular flexibility index (Phi) is 4.55. The highest BCUT2D eigenvalue weighted by molar-refractivity contribution is 5.41. The van der Waals surface area contributed by atoms with Crippen molar-refractivity contribution in [3.8, 4) is 11.5 Å². The van der Waals surface area contributed by atoms with Crippen LogP contribution in [0.4, 0.5) is 0 Å². The topological polar surface area (TPSA) is 35.9 Å². The number of rotatable bonds is 3. The molecule has 0 aromatic heterocycles. The second kappa shape index (κ2) is 6.02. The maximum Gasteiger partial charge on any atom is 0.160 e. The Morgan fingerprint density at radius 1 is 1.15 bits per heavy atom. The van der Waals surface area contributed by atoms with Crippen molar-refractivity contribution >= 4 is 0 Å². The molecule has 1 aliphatic rings. The molecule has 0 saturated carbocycles. The zero-order valence-electron chi connectivity index (χ0n) is 13.0. The monoisotopic (exact) mass is 278 g/mol. The van der Waals surface area contributed by atoms with Gasteiger partial charge in [0.2, 0.25) is 0 Å². The van der Waals surface area contributed by atoms with E-state index < -0.39 is 0 Å². The summed E-state index contributed by atoms with van der Waals surface area (Å²) in [4.78, 5) is 4.98. The first-order valence-corrected chi connectivity index (χ1v) is 7.23. The van der Waals surface area contributed by atoms with Gasteiger partial charge in [-0.2, -0.15) is 0 Å². The first-order valence-electron chi connectivity index (χ1n) is 7.23. The smallest absolute Gasteiger partial charge is 0.160 e. The predicted octanol–water partition coefficient (Wildman–Crippen LogP) is 2.32.